The molecule has 1 N–H and O–H groups in total. The number of nitrogens with zero attached hydrogens (tertiary/aromatic N) is 1. The van der Waals surface area contributed by atoms with Crippen molar-refractivity contribution in [1.29, 1.82) is 0 Å². The quantitative estimate of drug-likeness (QED) is 0.0999. The van der Waals surface area contributed by atoms with Crippen LogP contribution < -0.4 is 0 Å². The first kappa shape index (κ1) is 35.6. The normalized spacial score (nSPS) is 13.0. The molecular formula is C38H50IrNO2-. The maximum absolute atomic E-state index is 12.2. The standard InChI is InChI=1S/C23H22N.C15H28O2.Ir/c1-14(2)10-17-8-9-21-22-19(17)6-5-7-20(22)23(24-21)18-12-15(3)11-16(4)13-18;1-7-14(5,8-2)12(16)11-13(17)15(6,9-3)10-4;/h5-9,11-12,14H,10H2,1-4H3;11,16H,7-10H2,1-6H3;/q-1;;/b;12-11-;. The molecule has 3 aromatic rings. The van der Waals surface area contributed by atoms with E-state index in [4.69, 9.17) is 4.99 Å². The van der Waals surface area contributed by atoms with Crippen LogP contribution in [0.25, 0.3) is 10.8 Å². The average Bonchev–Trinajstić information content (AvgIpc) is 3.33. The predicted octanol–water partition coefficient (Wildman–Crippen LogP) is 10.6. The van der Waals surface area contributed by atoms with Crippen LogP contribution in [0.1, 0.15) is 109 Å². The van der Waals surface area contributed by atoms with Crippen LogP contribution in [0.5, 0.6) is 0 Å². The largest absolute Gasteiger partial charge is 0.512 e. The Morgan fingerprint density at radius 2 is 1.57 bits per heavy atom. The van der Waals surface area contributed by atoms with E-state index >= 15 is 0 Å². The number of benzene rings is 3. The van der Waals surface area contributed by atoms with Crippen LogP contribution in [0.2, 0.25) is 0 Å². The molecule has 0 saturated heterocycles. The van der Waals surface area contributed by atoms with Crippen LogP contribution in [0.4, 0.5) is 5.69 Å². The summed E-state index contributed by atoms with van der Waals surface area (Å²) in [7, 11) is 0. The monoisotopic (exact) mass is 745 g/mol. The maximum Gasteiger partial charge on any atom is 0.164 e. The van der Waals surface area contributed by atoms with Crippen LogP contribution in [-0.2, 0) is 31.3 Å². The number of aliphatic hydroxyl groups excluding tert-OH is 1. The summed E-state index contributed by atoms with van der Waals surface area (Å²) in [5.41, 5.74) is 7.74. The molecule has 0 atom stereocenters. The summed E-state index contributed by atoms with van der Waals surface area (Å²) in [6.45, 7) is 20.9. The third-order valence-corrected chi connectivity index (χ3v) is 9.23. The van der Waals surface area contributed by atoms with Crippen molar-refractivity contribution >= 4 is 28.0 Å². The number of allylic oxidation sites excluding steroid dienone is 2. The van der Waals surface area contributed by atoms with Gasteiger partial charge in [0.2, 0.25) is 0 Å². The van der Waals surface area contributed by atoms with E-state index < -0.39 is 0 Å². The molecule has 1 radical (unpaired) electrons. The number of carbonyl (C=O) groups is 1. The molecule has 4 rings (SSSR count). The number of hydrogen-bond acceptors (Lipinski definition) is 3. The Balaban J connectivity index is 0.000000307. The van der Waals surface area contributed by atoms with Gasteiger partial charge in [-0.25, -0.2) is 0 Å². The zero-order chi connectivity index (χ0) is 30.5. The summed E-state index contributed by atoms with van der Waals surface area (Å²) >= 11 is 0. The first-order chi connectivity index (χ1) is 19.3. The second-order valence-corrected chi connectivity index (χ2v) is 12.7. The zero-order valence-electron chi connectivity index (χ0n) is 27.4. The van der Waals surface area contributed by atoms with Gasteiger partial charge in [-0.05, 0) is 66.3 Å². The number of hydrogen-bond donors (Lipinski definition) is 1. The van der Waals surface area contributed by atoms with E-state index in [2.05, 4.69) is 76.2 Å². The van der Waals surface area contributed by atoms with Gasteiger partial charge in [-0.15, -0.1) is 34.9 Å². The summed E-state index contributed by atoms with van der Waals surface area (Å²) in [6, 6.07) is 18.9. The molecule has 0 fully saturated rings. The second kappa shape index (κ2) is 14.8. The third-order valence-electron chi connectivity index (χ3n) is 9.23. The summed E-state index contributed by atoms with van der Waals surface area (Å²) in [6.07, 6.45) is 5.86. The second-order valence-electron chi connectivity index (χ2n) is 12.7. The first-order valence-corrected chi connectivity index (χ1v) is 15.4. The van der Waals surface area contributed by atoms with Crippen molar-refractivity contribution in [3.63, 3.8) is 0 Å². The molecule has 0 amide bonds. The van der Waals surface area contributed by atoms with Gasteiger partial charge in [-0.1, -0.05) is 93.5 Å². The van der Waals surface area contributed by atoms with Gasteiger partial charge in [0.1, 0.15) is 5.76 Å². The van der Waals surface area contributed by atoms with E-state index in [-0.39, 0.29) is 42.5 Å². The topological polar surface area (TPSA) is 49.7 Å². The van der Waals surface area contributed by atoms with Crippen molar-refractivity contribution in [2.75, 3.05) is 0 Å². The molecule has 1 heterocycles. The molecule has 1 aliphatic rings. The van der Waals surface area contributed by atoms with Gasteiger partial charge in [0.25, 0.3) is 0 Å². The maximum atomic E-state index is 12.2. The smallest absolute Gasteiger partial charge is 0.164 e. The number of aryl methyl sites for hydroxylation is 2. The molecule has 0 aromatic heterocycles. The zero-order valence-corrected chi connectivity index (χ0v) is 29.8. The van der Waals surface area contributed by atoms with Crippen molar-refractivity contribution < 1.29 is 30.0 Å². The molecule has 0 saturated carbocycles. The van der Waals surface area contributed by atoms with Crippen LogP contribution in [-0.4, -0.2) is 16.6 Å². The Labute approximate surface area is 268 Å². The van der Waals surface area contributed by atoms with Gasteiger partial charge < -0.3 is 5.11 Å². The third kappa shape index (κ3) is 7.69. The van der Waals surface area contributed by atoms with Gasteiger partial charge in [0, 0.05) is 42.4 Å². The number of carbonyl (C=O) groups excluding carboxylic acids is 1. The molecule has 0 spiro atoms. The molecule has 1 aliphatic heterocycles. The minimum atomic E-state index is -0.337. The van der Waals surface area contributed by atoms with Crippen LogP contribution in [0.15, 0.2) is 59.3 Å². The summed E-state index contributed by atoms with van der Waals surface area (Å²) in [5.74, 6) is 0.936. The molecule has 0 bridgehead atoms. The van der Waals surface area contributed by atoms with Crippen molar-refractivity contribution in [1.82, 2.24) is 0 Å². The Morgan fingerprint density at radius 3 is 2.12 bits per heavy atom. The fourth-order valence-electron chi connectivity index (χ4n) is 5.45. The van der Waals surface area contributed by atoms with Gasteiger partial charge in [-0.3, -0.25) is 9.79 Å². The van der Waals surface area contributed by atoms with E-state index in [1.165, 1.54) is 33.5 Å². The minimum absolute atomic E-state index is 0. The molecule has 4 heteroatoms. The van der Waals surface area contributed by atoms with Crippen molar-refractivity contribution in [2.45, 2.75) is 101 Å². The van der Waals surface area contributed by atoms with Gasteiger partial charge in [-0.2, -0.15) is 0 Å². The first-order valence-electron chi connectivity index (χ1n) is 15.4. The number of rotatable bonds is 10. The molecule has 42 heavy (non-hydrogen) atoms. The Hall–Kier alpha value is -2.55. The summed E-state index contributed by atoms with van der Waals surface area (Å²) in [4.78, 5) is 17.1. The average molecular weight is 745 g/mol. The van der Waals surface area contributed by atoms with Gasteiger partial charge >= 0.3 is 0 Å². The van der Waals surface area contributed by atoms with Crippen molar-refractivity contribution in [2.24, 2.45) is 21.7 Å². The van der Waals surface area contributed by atoms with E-state index in [1.807, 2.05) is 41.5 Å². The van der Waals surface area contributed by atoms with E-state index in [9.17, 15) is 9.90 Å². The molecular weight excluding hydrogens is 695 g/mol. The van der Waals surface area contributed by atoms with Gasteiger partial charge in [0.05, 0.1) is 5.69 Å². The van der Waals surface area contributed by atoms with E-state index in [0.29, 0.717) is 5.92 Å². The Kier molecular flexibility index (Phi) is 12.5. The summed E-state index contributed by atoms with van der Waals surface area (Å²) < 4.78 is 0. The molecule has 0 unspecified atom stereocenters. The van der Waals surface area contributed by atoms with Gasteiger partial charge in [0.15, 0.2) is 5.78 Å². The molecule has 229 valence electrons. The van der Waals surface area contributed by atoms with Crippen LogP contribution >= 0.6 is 0 Å². The van der Waals surface area contributed by atoms with Crippen molar-refractivity contribution in [3.05, 3.63) is 88.2 Å². The Bertz CT molecular complexity index is 1440. The van der Waals surface area contributed by atoms with E-state index in [0.717, 1.165) is 54.6 Å². The number of aliphatic hydroxyl groups is 1. The molecule has 3 nitrogen and oxygen atoms in total. The fourth-order valence-corrected chi connectivity index (χ4v) is 5.45. The predicted molar refractivity (Wildman–Crippen MR) is 176 cm³/mol. The van der Waals surface area contributed by atoms with Crippen molar-refractivity contribution in [3.8, 4) is 0 Å². The fraction of sp³-hybridized carbons (Fsp3) is 0.474. The number of aliphatic imine (C=N–C) groups is 1. The van der Waals surface area contributed by atoms with Crippen LogP contribution in [0, 0.1) is 36.7 Å². The van der Waals surface area contributed by atoms with E-state index in [1.54, 1.807) is 0 Å². The SMILES string of the molecule is CCC(C)(CC)C(=O)/C=C(\O)C(C)(CC)CC.Cc1[c-]c(C2=Nc3ccc(CC(C)C)c4cccc2c34)cc(C)c1.[Ir]. The number of ketones is 1. The Morgan fingerprint density at radius 1 is 0.952 bits per heavy atom. The van der Waals surface area contributed by atoms with Crippen LogP contribution in [0.3, 0.4) is 0 Å². The molecule has 0 aliphatic carbocycles. The molecule has 3 aromatic carbocycles. The minimum Gasteiger partial charge on any atom is -0.512 e. The summed E-state index contributed by atoms with van der Waals surface area (Å²) in [5, 5.41) is 12.8.